The maximum Gasteiger partial charge on any atom is 0.314 e. The van der Waals surface area contributed by atoms with Crippen LogP contribution < -0.4 is 9.47 Å². The maximum atomic E-state index is 14.8. The third kappa shape index (κ3) is 6.14. The summed E-state index contributed by atoms with van der Waals surface area (Å²) in [5, 5.41) is 10.1. The minimum atomic E-state index is -1.19. The lowest BCUT2D eigenvalue weighted by Gasteiger charge is -2.28. The molecular formula is C31H31F5O4. The van der Waals surface area contributed by atoms with Crippen molar-refractivity contribution in [2.75, 3.05) is 6.61 Å². The molecule has 9 heteroatoms. The van der Waals surface area contributed by atoms with Crippen molar-refractivity contribution in [3.05, 3.63) is 82.7 Å². The SMILES string of the molecule is CCCC(O)c1ccc(C2CCC(C(=O)Oc3ccc(-c4ccc(OCC)c(F)c4F)cc3F)CC2)c(F)c1F. The fraction of sp³-hybridized carbons (Fsp3) is 0.387. The first kappa shape index (κ1) is 29.5. The Morgan fingerprint density at radius 2 is 1.57 bits per heavy atom. The standard InChI is InChI=1S/C31H31F5O4/c1-3-5-24(37)22-12-11-20(27(33)29(22)35)17-6-8-18(9-7-17)31(38)40-25-14-10-19(16-23(25)32)21-13-15-26(39-4-2)30(36)28(21)34/h10-18,24,37H,3-9H2,1-2H3. The van der Waals surface area contributed by atoms with E-state index in [2.05, 4.69) is 0 Å². The summed E-state index contributed by atoms with van der Waals surface area (Å²) in [6.45, 7) is 3.62. The lowest BCUT2D eigenvalue weighted by atomic mass is 9.78. The molecule has 1 aliphatic carbocycles. The van der Waals surface area contributed by atoms with Crippen LogP contribution in [0.1, 0.15) is 75.5 Å². The fourth-order valence-corrected chi connectivity index (χ4v) is 5.19. The number of carbonyl (C=O) groups excluding carboxylic acids is 1. The Balaban J connectivity index is 1.40. The molecule has 4 rings (SSSR count). The van der Waals surface area contributed by atoms with Crippen molar-refractivity contribution in [2.45, 2.75) is 64.4 Å². The quantitative estimate of drug-likeness (QED) is 0.162. The zero-order valence-electron chi connectivity index (χ0n) is 22.3. The molecule has 3 aromatic carbocycles. The summed E-state index contributed by atoms with van der Waals surface area (Å²) in [6.07, 6.45) is 1.34. The molecular weight excluding hydrogens is 531 g/mol. The Morgan fingerprint density at radius 3 is 2.23 bits per heavy atom. The van der Waals surface area contributed by atoms with E-state index < -0.39 is 47.1 Å². The molecule has 40 heavy (non-hydrogen) atoms. The lowest BCUT2D eigenvalue weighted by molar-refractivity contribution is -0.140. The zero-order valence-corrected chi connectivity index (χ0v) is 22.3. The van der Waals surface area contributed by atoms with Gasteiger partial charge in [0, 0.05) is 11.1 Å². The highest BCUT2D eigenvalue weighted by atomic mass is 19.2. The van der Waals surface area contributed by atoms with E-state index in [4.69, 9.17) is 9.47 Å². The Bertz CT molecular complexity index is 1370. The summed E-state index contributed by atoms with van der Waals surface area (Å²) in [4.78, 5) is 12.7. The Hall–Kier alpha value is -3.46. The smallest absolute Gasteiger partial charge is 0.314 e. The van der Waals surface area contributed by atoms with Gasteiger partial charge in [0.2, 0.25) is 5.82 Å². The van der Waals surface area contributed by atoms with Crippen molar-refractivity contribution in [1.29, 1.82) is 0 Å². The number of carbonyl (C=O) groups is 1. The van der Waals surface area contributed by atoms with Crippen LogP contribution in [-0.2, 0) is 4.79 Å². The fourth-order valence-electron chi connectivity index (χ4n) is 5.19. The van der Waals surface area contributed by atoms with Gasteiger partial charge >= 0.3 is 5.97 Å². The van der Waals surface area contributed by atoms with Gasteiger partial charge in [-0.1, -0.05) is 31.5 Å². The van der Waals surface area contributed by atoms with Gasteiger partial charge in [-0.3, -0.25) is 4.79 Å². The Kier molecular flexibility index (Phi) is 9.45. The summed E-state index contributed by atoms with van der Waals surface area (Å²) in [7, 11) is 0. The van der Waals surface area contributed by atoms with Crippen molar-refractivity contribution >= 4 is 5.97 Å². The predicted octanol–water partition coefficient (Wildman–Crippen LogP) is 8.16. The number of aliphatic hydroxyl groups is 1. The van der Waals surface area contributed by atoms with Gasteiger partial charge in [0.1, 0.15) is 0 Å². The van der Waals surface area contributed by atoms with Crippen LogP contribution in [0, 0.1) is 35.0 Å². The van der Waals surface area contributed by atoms with Crippen LogP contribution >= 0.6 is 0 Å². The Morgan fingerprint density at radius 1 is 0.875 bits per heavy atom. The second kappa shape index (κ2) is 12.8. The third-order valence-corrected chi connectivity index (χ3v) is 7.36. The van der Waals surface area contributed by atoms with Gasteiger partial charge in [-0.25, -0.2) is 17.6 Å². The molecule has 0 aliphatic heterocycles. The molecule has 214 valence electrons. The average molecular weight is 563 g/mol. The van der Waals surface area contributed by atoms with Gasteiger partial charge < -0.3 is 14.6 Å². The van der Waals surface area contributed by atoms with E-state index in [-0.39, 0.29) is 46.3 Å². The highest BCUT2D eigenvalue weighted by molar-refractivity contribution is 5.76. The normalized spacial score (nSPS) is 17.9. The molecule has 3 aromatic rings. The molecule has 4 nitrogen and oxygen atoms in total. The molecule has 0 saturated heterocycles. The minimum Gasteiger partial charge on any atom is -0.491 e. The number of esters is 1. The van der Waals surface area contributed by atoms with Crippen molar-refractivity contribution in [2.24, 2.45) is 5.92 Å². The third-order valence-electron chi connectivity index (χ3n) is 7.36. The van der Waals surface area contributed by atoms with Crippen LogP contribution in [0.5, 0.6) is 11.5 Å². The van der Waals surface area contributed by atoms with E-state index in [0.29, 0.717) is 38.5 Å². The van der Waals surface area contributed by atoms with Crippen LogP contribution in [-0.4, -0.2) is 17.7 Å². The highest BCUT2D eigenvalue weighted by Crippen LogP contribution is 2.39. The molecule has 0 heterocycles. The first-order valence-corrected chi connectivity index (χ1v) is 13.4. The first-order valence-electron chi connectivity index (χ1n) is 13.4. The zero-order chi connectivity index (χ0) is 29.0. The van der Waals surface area contributed by atoms with Crippen molar-refractivity contribution < 1.29 is 41.3 Å². The molecule has 1 atom stereocenters. The molecule has 1 fully saturated rings. The summed E-state index contributed by atoms with van der Waals surface area (Å²) in [6, 6.07) is 8.88. The Labute approximate surface area is 229 Å². The van der Waals surface area contributed by atoms with Gasteiger partial charge in [-0.15, -0.1) is 0 Å². The molecule has 1 saturated carbocycles. The number of hydrogen-bond acceptors (Lipinski definition) is 4. The molecule has 1 N–H and O–H groups in total. The maximum absolute atomic E-state index is 14.8. The number of benzene rings is 3. The van der Waals surface area contributed by atoms with E-state index >= 15 is 0 Å². The van der Waals surface area contributed by atoms with Gasteiger partial charge in [0.25, 0.3) is 0 Å². The minimum absolute atomic E-state index is 0.0553. The van der Waals surface area contributed by atoms with E-state index in [0.717, 1.165) is 6.07 Å². The van der Waals surface area contributed by atoms with Gasteiger partial charge in [0.15, 0.2) is 34.8 Å². The van der Waals surface area contributed by atoms with Crippen LogP contribution in [0.3, 0.4) is 0 Å². The molecule has 0 radical (unpaired) electrons. The number of hydrogen-bond donors (Lipinski definition) is 1. The number of rotatable bonds is 9. The van der Waals surface area contributed by atoms with Crippen molar-refractivity contribution in [1.82, 2.24) is 0 Å². The van der Waals surface area contributed by atoms with E-state index in [9.17, 15) is 31.9 Å². The average Bonchev–Trinajstić information content (AvgIpc) is 2.94. The van der Waals surface area contributed by atoms with E-state index in [1.165, 1.54) is 36.4 Å². The summed E-state index contributed by atoms with van der Waals surface area (Å²) in [5.74, 6) is -7.45. The predicted molar refractivity (Wildman–Crippen MR) is 139 cm³/mol. The van der Waals surface area contributed by atoms with Crippen molar-refractivity contribution in [3.63, 3.8) is 0 Å². The van der Waals surface area contributed by atoms with Gasteiger partial charge in [0.05, 0.1) is 18.6 Å². The molecule has 0 amide bonds. The molecule has 1 unspecified atom stereocenters. The largest absolute Gasteiger partial charge is 0.491 e. The van der Waals surface area contributed by atoms with Crippen molar-refractivity contribution in [3.8, 4) is 22.6 Å². The topological polar surface area (TPSA) is 55.8 Å². The van der Waals surface area contributed by atoms with Crippen LogP contribution in [0.25, 0.3) is 11.1 Å². The number of halogens is 5. The van der Waals surface area contributed by atoms with Gasteiger partial charge in [-0.05, 0) is 80.3 Å². The molecule has 1 aliphatic rings. The monoisotopic (exact) mass is 562 g/mol. The summed E-state index contributed by atoms with van der Waals surface area (Å²) >= 11 is 0. The number of aliphatic hydroxyl groups excluding tert-OH is 1. The first-order chi connectivity index (χ1) is 19.2. The molecule has 0 spiro atoms. The van der Waals surface area contributed by atoms with E-state index in [1.807, 2.05) is 6.92 Å². The molecule has 0 aromatic heterocycles. The molecule has 0 bridgehead atoms. The summed E-state index contributed by atoms with van der Waals surface area (Å²) < 4.78 is 83.3. The van der Waals surface area contributed by atoms with Crippen LogP contribution in [0.4, 0.5) is 22.0 Å². The lowest BCUT2D eigenvalue weighted by Crippen LogP contribution is -2.26. The summed E-state index contributed by atoms with van der Waals surface area (Å²) in [5.41, 5.74) is 0.0209. The van der Waals surface area contributed by atoms with Gasteiger partial charge in [-0.2, -0.15) is 4.39 Å². The second-order valence-corrected chi connectivity index (χ2v) is 9.96. The number of ether oxygens (including phenoxy) is 2. The van der Waals surface area contributed by atoms with Crippen LogP contribution in [0.2, 0.25) is 0 Å². The second-order valence-electron chi connectivity index (χ2n) is 9.96. The van der Waals surface area contributed by atoms with Crippen LogP contribution in [0.15, 0.2) is 42.5 Å². The highest BCUT2D eigenvalue weighted by Gasteiger charge is 2.31. The van der Waals surface area contributed by atoms with E-state index in [1.54, 1.807) is 6.92 Å².